The minimum absolute atomic E-state index is 0.0704. The first-order valence-electron chi connectivity index (χ1n) is 6.91. The van der Waals surface area contributed by atoms with Gasteiger partial charge in [0.25, 0.3) is 5.91 Å². The molecule has 112 valence electrons. The van der Waals surface area contributed by atoms with E-state index in [0.717, 1.165) is 17.7 Å². The molecule has 0 radical (unpaired) electrons. The van der Waals surface area contributed by atoms with E-state index < -0.39 is 6.04 Å². The molecule has 1 aromatic rings. The first-order chi connectivity index (χ1) is 10.0. The van der Waals surface area contributed by atoms with Gasteiger partial charge in [-0.15, -0.1) is 0 Å². The van der Waals surface area contributed by atoms with Gasteiger partial charge >= 0.3 is 0 Å². The molecular weight excluding hydrogens is 274 g/mol. The molecule has 1 atom stereocenters. The third-order valence-electron chi connectivity index (χ3n) is 3.60. The highest BCUT2D eigenvalue weighted by molar-refractivity contribution is 6.06. The molecule has 8 heteroatoms. The third-order valence-corrected chi connectivity index (χ3v) is 3.60. The summed E-state index contributed by atoms with van der Waals surface area (Å²) in [5.74, 6) is -0.521. The molecule has 2 heterocycles. The van der Waals surface area contributed by atoms with Crippen LogP contribution in [0.1, 0.15) is 19.3 Å². The molecular formula is C13H17N5O3. The van der Waals surface area contributed by atoms with E-state index in [4.69, 9.17) is 0 Å². The Balaban J connectivity index is 1.56. The molecule has 2 fully saturated rings. The highest BCUT2D eigenvalue weighted by Gasteiger charge is 2.36. The Hall–Kier alpha value is -2.38. The number of carbonyl (C=O) groups is 3. The second-order valence-corrected chi connectivity index (χ2v) is 5.46. The van der Waals surface area contributed by atoms with Crippen molar-refractivity contribution in [3.63, 3.8) is 0 Å². The second-order valence-electron chi connectivity index (χ2n) is 5.46. The predicted molar refractivity (Wildman–Crippen MR) is 73.2 cm³/mol. The van der Waals surface area contributed by atoms with E-state index in [-0.39, 0.29) is 30.7 Å². The van der Waals surface area contributed by atoms with Crippen molar-refractivity contribution in [2.45, 2.75) is 37.9 Å². The first kappa shape index (κ1) is 13.6. The number of nitrogens with zero attached hydrogens (tertiary/aromatic N) is 3. The molecule has 1 unspecified atom stereocenters. The minimum Gasteiger partial charge on any atom is -0.371 e. The summed E-state index contributed by atoms with van der Waals surface area (Å²) in [5, 5.41) is 9.92. The van der Waals surface area contributed by atoms with Crippen molar-refractivity contribution in [2.24, 2.45) is 0 Å². The fraction of sp³-hybridized carbons (Fsp3) is 0.538. The number of aromatic nitrogens is 2. The average molecular weight is 291 g/mol. The molecule has 0 spiro atoms. The van der Waals surface area contributed by atoms with Gasteiger partial charge in [0.15, 0.2) is 0 Å². The van der Waals surface area contributed by atoms with Gasteiger partial charge in [-0.1, -0.05) is 0 Å². The van der Waals surface area contributed by atoms with Gasteiger partial charge in [0.1, 0.15) is 12.6 Å². The van der Waals surface area contributed by atoms with E-state index in [9.17, 15) is 14.4 Å². The van der Waals surface area contributed by atoms with Crippen LogP contribution in [0.4, 0.5) is 5.69 Å². The largest absolute Gasteiger partial charge is 0.371 e. The van der Waals surface area contributed by atoms with E-state index in [0.29, 0.717) is 11.7 Å². The van der Waals surface area contributed by atoms with E-state index in [1.54, 1.807) is 12.4 Å². The van der Waals surface area contributed by atoms with Gasteiger partial charge in [-0.25, -0.2) is 0 Å². The van der Waals surface area contributed by atoms with Gasteiger partial charge in [-0.05, 0) is 12.8 Å². The lowest BCUT2D eigenvalue weighted by Gasteiger charge is -2.10. The number of carbonyl (C=O) groups excluding carboxylic acids is 3. The van der Waals surface area contributed by atoms with Crippen LogP contribution in [-0.4, -0.2) is 51.5 Å². The van der Waals surface area contributed by atoms with E-state index in [1.165, 1.54) is 11.7 Å². The molecule has 2 N–H and O–H groups in total. The lowest BCUT2D eigenvalue weighted by Crippen LogP contribution is -2.31. The van der Waals surface area contributed by atoms with Gasteiger partial charge in [0, 0.05) is 19.3 Å². The van der Waals surface area contributed by atoms with Crippen molar-refractivity contribution < 1.29 is 14.4 Å². The number of rotatable bonds is 5. The van der Waals surface area contributed by atoms with Crippen molar-refractivity contribution in [3.05, 3.63) is 12.4 Å². The number of hydrogen-bond acceptors (Lipinski definition) is 5. The quantitative estimate of drug-likeness (QED) is 0.701. The van der Waals surface area contributed by atoms with E-state index in [2.05, 4.69) is 15.7 Å². The zero-order valence-corrected chi connectivity index (χ0v) is 11.7. The van der Waals surface area contributed by atoms with Gasteiger partial charge in [-0.2, -0.15) is 5.10 Å². The van der Waals surface area contributed by atoms with E-state index in [1.807, 2.05) is 0 Å². The number of amides is 3. The molecule has 2 aliphatic rings. The Morgan fingerprint density at radius 2 is 2.19 bits per heavy atom. The Kier molecular flexibility index (Phi) is 3.36. The van der Waals surface area contributed by atoms with Crippen molar-refractivity contribution in [1.29, 1.82) is 0 Å². The molecule has 3 amide bonds. The number of nitrogens with one attached hydrogen (secondary N) is 2. The Morgan fingerprint density at radius 3 is 2.81 bits per heavy atom. The van der Waals surface area contributed by atoms with Crippen molar-refractivity contribution in [1.82, 2.24) is 20.0 Å². The standard InChI is InChI=1S/C13H17N5O3/c1-17-12(20)4-10(13(17)21)15-9-5-14-18(6-9)7-11(19)16-8-2-3-8/h5-6,8,10,15H,2-4,7H2,1H3,(H,16,19). The third kappa shape index (κ3) is 3.04. The van der Waals surface area contributed by atoms with Crippen molar-refractivity contribution in [2.75, 3.05) is 12.4 Å². The number of anilines is 1. The lowest BCUT2D eigenvalue weighted by molar-refractivity contribution is -0.136. The molecule has 3 rings (SSSR count). The fourth-order valence-corrected chi connectivity index (χ4v) is 2.24. The van der Waals surface area contributed by atoms with Gasteiger partial charge in [-0.3, -0.25) is 24.0 Å². The summed E-state index contributed by atoms with van der Waals surface area (Å²) in [5.41, 5.74) is 0.621. The summed E-state index contributed by atoms with van der Waals surface area (Å²) in [6.45, 7) is 0.148. The van der Waals surface area contributed by atoms with Crippen LogP contribution in [0.5, 0.6) is 0 Å². The molecule has 1 saturated heterocycles. The SMILES string of the molecule is CN1C(=O)CC(Nc2cnn(CC(=O)NC3CC3)c2)C1=O. The van der Waals surface area contributed by atoms with Crippen LogP contribution in [0.3, 0.4) is 0 Å². The molecule has 1 aliphatic heterocycles. The highest BCUT2D eigenvalue weighted by atomic mass is 16.2. The molecule has 1 saturated carbocycles. The smallest absolute Gasteiger partial charge is 0.251 e. The van der Waals surface area contributed by atoms with Crippen LogP contribution in [0.25, 0.3) is 0 Å². The summed E-state index contributed by atoms with van der Waals surface area (Å²) in [4.78, 5) is 36.0. The van der Waals surface area contributed by atoms with Crippen LogP contribution in [0.15, 0.2) is 12.4 Å². The summed E-state index contributed by atoms with van der Waals surface area (Å²) in [6.07, 6.45) is 5.43. The first-order valence-corrected chi connectivity index (χ1v) is 6.91. The molecule has 1 aromatic heterocycles. The summed E-state index contributed by atoms with van der Waals surface area (Å²) >= 11 is 0. The molecule has 8 nitrogen and oxygen atoms in total. The second kappa shape index (κ2) is 5.19. The van der Waals surface area contributed by atoms with Gasteiger partial charge < -0.3 is 10.6 Å². The fourth-order valence-electron chi connectivity index (χ4n) is 2.24. The maximum Gasteiger partial charge on any atom is 0.251 e. The lowest BCUT2D eigenvalue weighted by atomic mass is 10.2. The highest BCUT2D eigenvalue weighted by Crippen LogP contribution is 2.19. The summed E-state index contributed by atoms with van der Waals surface area (Å²) in [7, 11) is 1.47. The summed E-state index contributed by atoms with van der Waals surface area (Å²) < 4.78 is 1.50. The van der Waals surface area contributed by atoms with Crippen LogP contribution in [-0.2, 0) is 20.9 Å². The maximum absolute atomic E-state index is 11.8. The van der Waals surface area contributed by atoms with Crippen LogP contribution >= 0.6 is 0 Å². The van der Waals surface area contributed by atoms with Crippen LogP contribution < -0.4 is 10.6 Å². The average Bonchev–Trinajstić information content (AvgIpc) is 3.09. The molecule has 21 heavy (non-hydrogen) atoms. The number of likely N-dealkylation sites (tertiary alicyclic amines) is 1. The Morgan fingerprint density at radius 1 is 1.43 bits per heavy atom. The number of hydrogen-bond donors (Lipinski definition) is 2. The van der Waals surface area contributed by atoms with Gasteiger partial charge in [0.2, 0.25) is 11.8 Å². The Labute approximate surface area is 121 Å². The normalized spacial score (nSPS) is 21.8. The Bertz CT molecular complexity index is 592. The number of likely N-dealkylation sites (N-methyl/N-ethyl adjacent to an activating group) is 1. The van der Waals surface area contributed by atoms with Crippen LogP contribution in [0, 0.1) is 0 Å². The zero-order valence-electron chi connectivity index (χ0n) is 11.7. The summed E-state index contributed by atoms with van der Waals surface area (Å²) in [6, 6.07) is -0.233. The molecule has 0 bridgehead atoms. The predicted octanol–water partition coefficient (Wildman–Crippen LogP) is -0.669. The molecule has 0 aromatic carbocycles. The van der Waals surface area contributed by atoms with Crippen molar-refractivity contribution in [3.8, 4) is 0 Å². The monoisotopic (exact) mass is 291 g/mol. The van der Waals surface area contributed by atoms with Crippen LogP contribution in [0.2, 0.25) is 0 Å². The number of imide groups is 1. The van der Waals surface area contributed by atoms with Crippen molar-refractivity contribution >= 4 is 23.4 Å². The zero-order chi connectivity index (χ0) is 15.0. The van der Waals surface area contributed by atoms with Gasteiger partial charge in [0.05, 0.1) is 18.3 Å². The topological polar surface area (TPSA) is 96.3 Å². The minimum atomic E-state index is -0.555. The van der Waals surface area contributed by atoms with E-state index >= 15 is 0 Å². The maximum atomic E-state index is 11.8. The molecule has 1 aliphatic carbocycles.